The molecule has 0 spiro atoms. The summed E-state index contributed by atoms with van der Waals surface area (Å²) in [7, 11) is 0. The van der Waals surface area contributed by atoms with Crippen molar-refractivity contribution in [2.75, 3.05) is 126 Å². The SMILES string of the molecule is CCCCCCCCCCCCCCCCOCCOCCOCCOCCOCCOCCOCCOCCOCCC(=O)OCC. The molecule has 0 radical (unpaired) electrons. The highest BCUT2D eigenvalue weighted by Gasteiger charge is 2.01. The first-order valence-electron chi connectivity index (χ1n) is 19.2. The lowest BCUT2D eigenvalue weighted by atomic mass is 10.0. The highest BCUT2D eigenvalue weighted by atomic mass is 16.6. The molecule has 0 aliphatic heterocycles. The van der Waals surface area contributed by atoms with Gasteiger partial charge in [0.05, 0.1) is 125 Å². The van der Waals surface area contributed by atoms with Crippen molar-refractivity contribution in [1.82, 2.24) is 0 Å². The minimum absolute atomic E-state index is 0.245. The zero-order chi connectivity index (χ0) is 34.7. The van der Waals surface area contributed by atoms with Crippen LogP contribution in [0.25, 0.3) is 0 Å². The van der Waals surface area contributed by atoms with Gasteiger partial charge in [-0.1, -0.05) is 90.4 Å². The van der Waals surface area contributed by atoms with Crippen LogP contribution in [0, 0.1) is 0 Å². The monoisotopic (exact) mass is 695 g/mol. The van der Waals surface area contributed by atoms with Crippen LogP contribution in [0.5, 0.6) is 0 Å². The van der Waals surface area contributed by atoms with Gasteiger partial charge in [-0.25, -0.2) is 0 Å². The summed E-state index contributed by atoms with van der Waals surface area (Å²) in [6.45, 7) is 14.0. The van der Waals surface area contributed by atoms with Gasteiger partial charge in [0.25, 0.3) is 0 Å². The minimum atomic E-state index is -0.245. The second-order valence-electron chi connectivity index (χ2n) is 11.7. The Labute approximate surface area is 293 Å². The Morgan fingerprint density at radius 2 is 0.562 bits per heavy atom. The van der Waals surface area contributed by atoms with E-state index in [1.807, 2.05) is 0 Å². The molecule has 0 atom stereocenters. The molecule has 0 rings (SSSR count). The molecule has 0 heterocycles. The van der Waals surface area contributed by atoms with Crippen molar-refractivity contribution >= 4 is 5.97 Å². The molecule has 0 aromatic carbocycles. The van der Waals surface area contributed by atoms with Gasteiger partial charge in [-0.3, -0.25) is 4.79 Å². The van der Waals surface area contributed by atoms with Gasteiger partial charge in [0, 0.05) is 6.61 Å². The zero-order valence-corrected chi connectivity index (χ0v) is 31.0. The fourth-order valence-corrected chi connectivity index (χ4v) is 4.65. The number of esters is 1. The predicted molar refractivity (Wildman–Crippen MR) is 189 cm³/mol. The Morgan fingerprint density at radius 1 is 0.312 bits per heavy atom. The lowest BCUT2D eigenvalue weighted by Gasteiger charge is -2.09. The summed E-state index contributed by atoms with van der Waals surface area (Å²) < 4.78 is 54.2. The lowest BCUT2D eigenvalue weighted by molar-refractivity contribution is -0.144. The molecule has 0 aromatic rings. The van der Waals surface area contributed by atoms with E-state index in [1.165, 1.54) is 83.5 Å². The number of hydrogen-bond donors (Lipinski definition) is 0. The van der Waals surface area contributed by atoms with Gasteiger partial charge < -0.3 is 47.4 Å². The third kappa shape index (κ3) is 43.1. The maximum Gasteiger partial charge on any atom is 0.308 e. The molecule has 0 saturated carbocycles. The largest absolute Gasteiger partial charge is 0.466 e. The summed E-state index contributed by atoms with van der Waals surface area (Å²) in [5.41, 5.74) is 0. The van der Waals surface area contributed by atoms with Crippen LogP contribution in [-0.2, 0) is 52.2 Å². The molecular weight excluding hydrogens is 620 g/mol. The lowest BCUT2D eigenvalue weighted by Crippen LogP contribution is -2.15. The fraction of sp³-hybridized carbons (Fsp3) is 0.973. The maximum absolute atomic E-state index is 11.2. The second-order valence-corrected chi connectivity index (χ2v) is 11.7. The molecule has 0 aliphatic carbocycles. The fourth-order valence-electron chi connectivity index (χ4n) is 4.65. The van der Waals surface area contributed by atoms with Gasteiger partial charge in [-0.15, -0.1) is 0 Å². The number of carbonyl (C=O) groups is 1. The number of ether oxygens (including phenoxy) is 10. The van der Waals surface area contributed by atoms with Crippen LogP contribution in [-0.4, -0.2) is 132 Å². The van der Waals surface area contributed by atoms with E-state index in [2.05, 4.69) is 6.92 Å². The molecule has 0 N–H and O–H groups in total. The average Bonchev–Trinajstić information content (AvgIpc) is 3.09. The summed E-state index contributed by atoms with van der Waals surface area (Å²) in [5, 5.41) is 0. The van der Waals surface area contributed by atoms with Gasteiger partial charge in [0.2, 0.25) is 0 Å². The molecule has 0 unspecified atom stereocenters. The van der Waals surface area contributed by atoms with Crippen molar-refractivity contribution in [1.29, 1.82) is 0 Å². The standard InChI is InChI=1S/C37H74O11/c1-3-5-6-7-8-9-10-11-12-13-14-15-16-17-19-39-21-23-41-25-27-43-29-31-45-33-35-47-36-34-46-32-30-44-28-26-42-24-22-40-20-18-37(38)48-4-2/h3-36H2,1-2H3. The van der Waals surface area contributed by atoms with Crippen molar-refractivity contribution in [3.8, 4) is 0 Å². The first-order valence-corrected chi connectivity index (χ1v) is 19.2. The van der Waals surface area contributed by atoms with E-state index in [9.17, 15) is 4.79 Å². The molecule has 0 saturated heterocycles. The molecule has 0 fully saturated rings. The van der Waals surface area contributed by atoms with E-state index in [0.29, 0.717) is 119 Å². The van der Waals surface area contributed by atoms with E-state index >= 15 is 0 Å². The van der Waals surface area contributed by atoms with Crippen molar-refractivity contribution in [3.05, 3.63) is 0 Å². The summed E-state index contributed by atoms with van der Waals surface area (Å²) in [6, 6.07) is 0. The Balaban J connectivity index is 3.06. The number of unbranched alkanes of at least 4 members (excludes halogenated alkanes) is 13. The van der Waals surface area contributed by atoms with E-state index in [1.54, 1.807) is 6.92 Å². The van der Waals surface area contributed by atoms with Gasteiger partial charge in [0.1, 0.15) is 0 Å². The van der Waals surface area contributed by atoms with E-state index in [-0.39, 0.29) is 12.4 Å². The Kier molecular flexibility index (Phi) is 43.3. The van der Waals surface area contributed by atoms with Crippen molar-refractivity contribution in [2.24, 2.45) is 0 Å². The molecule has 0 aliphatic rings. The highest BCUT2D eigenvalue weighted by Crippen LogP contribution is 2.13. The van der Waals surface area contributed by atoms with Crippen LogP contribution in [0.1, 0.15) is 110 Å². The molecular formula is C37H74O11. The molecule has 48 heavy (non-hydrogen) atoms. The van der Waals surface area contributed by atoms with Gasteiger partial charge >= 0.3 is 5.97 Å². The van der Waals surface area contributed by atoms with E-state index in [4.69, 9.17) is 47.4 Å². The van der Waals surface area contributed by atoms with Gasteiger partial charge in [-0.2, -0.15) is 0 Å². The topological polar surface area (TPSA) is 109 Å². The third-order valence-electron chi connectivity index (χ3n) is 7.37. The number of rotatable bonds is 43. The van der Waals surface area contributed by atoms with Crippen LogP contribution >= 0.6 is 0 Å². The molecule has 0 aromatic heterocycles. The molecule has 11 nitrogen and oxygen atoms in total. The molecule has 288 valence electrons. The van der Waals surface area contributed by atoms with Crippen LogP contribution in [0.2, 0.25) is 0 Å². The first kappa shape index (κ1) is 47.1. The van der Waals surface area contributed by atoms with Crippen LogP contribution in [0.4, 0.5) is 0 Å². The van der Waals surface area contributed by atoms with E-state index < -0.39 is 0 Å². The zero-order valence-electron chi connectivity index (χ0n) is 31.0. The Morgan fingerprint density at radius 3 is 0.854 bits per heavy atom. The summed E-state index contributed by atoms with van der Waals surface area (Å²) in [5.74, 6) is -0.245. The van der Waals surface area contributed by atoms with Crippen LogP contribution < -0.4 is 0 Å². The van der Waals surface area contributed by atoms with Crippen molar-refractivity contribution < 1.29 is 52.2 Å². The minimum Gasteiger partial charge on any atom is -0.466 e. The predicted octanol–water partition coefficient (Wildman–Crippen LogP) is 6.57. The van der Waals surface area contributed by atoms with Crippen LogP contribution in [0.3, 0.4) is 0 Å². The van der Waals surface area contributed by atoms with Crippen LogP contribution in [0.15, 0.2) is 0 Å². The quantitative estimate of drug-likeness (QED) is 0.0511. The number of hydrogen-bond acceptors (Lipinski definition) is 11. The number of carbonyl (C=O) groups excluding carboxylic acids is 1. The second kappa shape index (κ2) is 44.1. The van der Waals surface area contributed by atoms with E-state index in [0.717, 1.165) is 13.0 Å². The molecule has 0 amide bonds. The first-order chi connectivity index (χ1) is 23.8. The smallest absolute Gasteiger partial charge is 0.308 e. The molecule has 0 bridgehead atoms. The maximum atomic E-state index is 11.2. The average molecular weight is 695 g/mol. The molecule has 11 heteroatoms. The van der Waals surface area contributed by atoms with Gasteiger partial charge in [-0.05, 0) is 13.3 Å². The van der Waals surface area contributed by atoms with Crippen molar-refractivity contribution in [3.63, 3.8) is 0 Å². The van der Waals surface area contributed by atoms with Gasteiger partial charge in [0.15, 0.2) is 0 Å². The summed E-state index contributed by atoms with van der Waals surface area (Å²) in [6.07, 6.45) is 19.5. The Hall–Kier alpha value is -0.890. The summed E-state index contributed by atoms with van der Waals surface area (Å²) >= 11 is 0. The Bertz CT molecular complexity index is 598. The third-order valence-corrected chi connectivity index (χ3v) is 7.37. The normalized spacial score (nSPS) is 11.5. The summed E-state index contributed by atoms with van der Waals surface area (Å²) in [4.78, 5) is 11.2. The van der Waals surface area contributed by atoms with Crippen molar-refractivity contribution in [2.45, 2.75) is 110 Å². The highest BCUT2D eigenvalue weighted by molar-refractivity contribution is 5.69.